The summed E-state index contributed by atoms with van der Waals surface area (Å²) in [4.78, 5) is 4.18. The molecule has 0 unspecified atom stereocenters. The highest BCUT2D eigenvalue weighted by atomic mass is 14.6. The predicted molar refractivity (Wildman–Crippen MR) is 45.6 cm³/mol. The van der Waals surface area contributed by atoms with E-state index in [9.17, 15) is 0 Å². The van der Waals surface area contributed by atoms with Crippen LogP contribution in [0.2, 0.25) is 0 Å². The van der Waals surface area contributed by atoms with Gasteiger partial charge in [-0.15, -0.1) is 0 Å². The Bertz CT molecular complexity index is 251. The molecule has 1 aromatic heterocycles. The summed E-state index contributed by atoms with van der Waals surface area (Å²) in [7, 11) is 0. The minimum Gasteiger partial charge on any atom is -0.262 e. The van der Waals surface area contributed by atoms with Crippen molar-refractivity contribution < 1.29 is 0 Å². The van der Waals surface area contributed by atoms with Gasteiger partial charge in [0.05, 0.1) is 0 Å². The lowest BCUT2D eigenvalue weighted by Gasteiger charge is -2.25. The second kappa shape index (κ2) is 2.65. The first kappa shape index (κ1) is 6.84. The van der Waals surface area contributed by atoms with Gasteiger partial charge in [0, 0.05) is 11.9 Å². The van der Waals surface area contributed by atoms with E-state index in [1.165, 1.54) is 24.8 Å². The molecule has 1 fully saturated rings. The summed E-state index contributed by atoms with van der Waals surface area (Å²) < 4.78 is 0. The van der Waals surface area contributed by atoms with Gasteiger partial charge in [-0.05, 0) is 43.4 Å². The monoisotopic (exact) mass is 147 g/mol. The van der Waals surface area contributed by atoms with Crippen LogP contribution >= 0.6 is 0 Å². The fourth-order valence-electron chi connectivity index (χ4n) is 1.56. The topological polar surface area (TPSA) is 12.9 Å². The Balaban J connectivity index is 2.23. The van der Waals surface area contributed by atoms with E-state index in [0.717, 1.165) is 11.6 Å². The second-order valence-corrected chi connectivity index (χ2v) is 3.36. The molecule has 2 rings (SSSR count). The molecule has 0 amide bonds. The summed E-state index contributed by atoms with van der Waals surface area (Å²) in [5.41, 5.74) is 2.64. The predicted octanol–water partition coefficient (Wildman–Crippen LogP) is 2.66. The third-order valence-electron chi connectivity index (χ3n) is 2.50. The maximum Gasteiger partial charge on any atom is 0.0375 e. The fraction of sp³-hybridized carbons (Fsp3) is 0.500. The van der Waals surface area contributed by atoms with Gasteiger partial charge in [-0.2, -0.15) is 0 Å². The molecule has 11 heavy (non-hydrogen) atoms. The van der Waals surface area contributed by atoms with Gasteiger partial charge in [-0.1, -0.05) is 6.42 Å². The summed E-state index contributed by atoms with van der Waals surface area (Å²) in [5, 5.41) is 0. The number of nitrogens with zero attached hydrogens (tertiary/aromatic N) is 1. The minimum absolute atomic E-state index is 0.844. The third kappa shape index (κ3) is 1.28. The van der Waals surface area contributed by atoms with Gasteiger partial charge in [0.1, 0.15) is 0 Å². The molecule has 0 spiro atoms. The van der Waals surface area contributed by atoms with Crippen LogP contribution in [0, 0.1) is 6.92 Å². The Labute approximate surface area is 67.5 Å². The van der Waals surface area contributed by atoms with Crippen molar-refractivity contribution in [3.63, 3.8) is 0 Å². The molecule has 1 aliphatic carbocycles. The van der Waals surface area contributed by atoms with E-state index >= 15 is 0 Å². The highest BCUT2D eigenvalue weighted by Gasteiger charge is 2.18. The Hall–Kier alpha value is -0.850. The van der Waals surface area contributed by atoms with Crippen LogP contribution in [0.25, 0.3) is 0 Å². The van der Waals surface area contributed by atoms with Crippen molar-refractivity contribution in [2.24, 2.45) is 0 Å². The normalized spacial score (nSPS) is 17.9. The maximum atomic E-state index is 4.18. The molecule has 0 radical (unpaired) electrons. The van der Waals surface area contributed by atoms with Crippen molar-refractivity contribution in [2.45, 2.75) is 32.1 Å². The van der Waals surface area contributed by atoms with Crippen LogP contribution in [0.4, 0.5) is 0 Å². The van der Waals surface area contributed by atoms with E-state index in [0.29, 0.717) is 0 Å². The lowest BCUT2D eigenvalue weighted by molar-refractivity contribution is 0.419. The van der Waals surface area contributed by atoms with E-state index in [1.807, 2.05) is 6.20 Å². The van der Waals surface area contributed by atoms with Gasteiger partial charge < -0.3 is 0 Å². The molecule has 1 nitrogen and oxygen atoms in total. The number of rotatable bonds is 1. The Kier molecular flexibility index (Phi) is 1.65. The van der Waals surface area contributed by atoms with Crippen molar-refractivity contribution in [2.75, 3.05) is 0 Å². The van der Waals surface area contributed by atoms with E-state index in [-0.39, 0.29) is 0 Å². The Morgan fingerprint density at radius 2 is 2.27 bits per heavy atom. The smallest absolute Gasteiger partial charge is 0.0375 e. The molecule has 0 atom stereocenters. The molecule has 0 aromatic carbocycles. The first-order valence-corrected chi connectivity index (χ1v) is 4.29. The number of pyridine rings is 1. The molecule has 1 aromatic rings. The average Bonchev–Trinajstić information content (AvgIpc) is 1.83. The molecular weight excluding hydrogens is 134 g/mol. The summed E-state index contributed by atoms with van der Waals surface area (Å²) in [5.74, 6) is 0.844. The van der Waals surface area contributed by atoms with Crippen LogP contribution in [-0.4, -0.2) is 4.98 Å². The molecular formula is C10H13N. The Morgan fingerprint density at radius 1 is 1.45 bits per heavy atom. The van der Waals surface area contributed by atoms with Crippen LogP contribution in [0.3, 0.4) is 0 Å². The van der Waals surface area contributed by atoms with Gasteiger partial charge in [0.2, 0.25) is 0 Å². The van der Waals surface area contributed by atoms with E-state index in [1.54, 1.807) is 0 Å². The summed E-state index contributed by atoms with van der Waals surface area (Å²) in [6.07, 6.45) is 6.09. The quantitative estimate of drug-likeness (QED) is 0.595. The van der Waals surface area contributed by atoms with Crippen LogP contribution < -0.4 is 0 Å². The van der Waals surface area contributed by atoms with Gasteiger partial charge in [0.25, 0.3) is 0 Å². The molecule has 0 aliphatic heterocycles. The van der Waals surface area contributed by atoms with Crippen molar-refractivity contribution in [1.82, 2.24) is 4.98 Å². The van der Waals surface area contributed by atoms with Crippen LogP contribution in [0.1, 0.15) is 36.4 Å². The number of hydrogen-bond acceptors (Lipinski definition) is 1. The molecule has 1 saturated carbocycles. The lowest BCUT2D eigenvalue weighted by atomic mass is 9.80. The standard InChI is InChI=1S/C10H13N/c1-8-7-10(5-6-11-8)9-3-2-4-9/h5-7,9H,2-4H2,1H3. The van der Waals surface area contributed by atoms with Crippen molar-refractivity contribution >= 4 is 0 Å². The van der Waals surface area contributed by atoms with Crippen molar-refractivity contribution in [1.29, 1.82) is 0 Å². The molecule has 0 bridgehead atoms. The number of aromatic nitrogens is 1. The SMILES string of the molecule is Cc1cc(C2CCC2)ccn1. The van der Waals surface area contributed by atoms with E-state index in [2.05, 4.69) is 24.0 Å². The van der Waals surface area contributed by atoms with Crippen LogP contribution in [0.15, 0.2) is 18.3 Å². The molecule has 0 saturated heterocycles. The van der Waals surface area contributed by atoms with Gasteiger partial charge in [-0.3, -0.25) is 4.98 Å². The highest BCUT2D eigenvalue weighted by molar-refractivity contribution is 5.21. The number of aryl methyl sites for hydroxylation is 1. The molecule has 1 heterocycles. The largest absolute Gasteiger partial charge is 0.262 e. The minimum atomic E-state index is 0.844. The van der Waals surface area contributed by atoms with Crippen LogP contribution in [-0.2, 0) is 0 Å². The number of hydrogen-bond donors (Lipinski definition) is 0. The van der Waals surface area contributed by atoms with Gasteiger partial charge in [-0.25, -0.2) is 0 Å². The van der Waals surface area contributed by atoms with E-state index < -0.39 is 0 Å². The molecule has 1 heteroatoms. The average molecular weight is 147 g/mol. The van der Waals surface area contributed by atoms with Crippen molar-refractivity contribution in [3.05, 3.63) is 29.6 Å². The molecule has 58 valence electrons. The maximum absolute atomic E-state index is 4.18. The summed E-state index contributed by atoms with van der Waals surface area (Å²) in [6, 6.07) is 4.36. The zero-order valence-corrected chi connectivity index (χ0v) is 6.88. The third-order valence-corrected chi connectivity index (χ3v) is 2.50. The summed E-state index contributed by atoms with van der Waals surface area (Å²) >= 11 is 0. The first-order valence-electron chi connectivity index (χ1n) is 4.29. The van der Waals surface area contributed by atoms with E-state index in [4.69, 9.17) is 0 Å². The second-order valence-electron chi connectivity index (χ2n) is 3.36. The lowest BCUT2D eigenvalue weighted by Crippen LogP contribution is -2.08. The zero-order chi connectivity index (χ0) is 7.68. The first-order chi connectivity index (χ1) is 5.36. The van der Waals surface area contributed by atoms with Gasteiger partial charge in [0.15, 0.2) is 0 Å². The Morgan fingerprint density at radius 3 is 2.82 bits per heavy atom. The van der Waals surface area contributed by atoms with Gasteiger partial charge >= 0.3 is 0 Å². The summed E-state index contributed by atoms with van der Waals surface area (Å²) in [6.45, 7) is 2.06. The highest BCUT2D eigenvalue weighted by Crippen LogP contribution is 2.35. The molecule has 1 aliphatic rings. The van der Waals surface area contributed by atoms with Crippen molar-refractivity contribution in [3.8, 4) is 0 Å². The fourth-order valence-corrected chi connectivity index (χ4v) is 1.56. The van der Waals surface area contributed by atoms with Crippen LogP contribution in [0.5, 0.6) is 0 Å². The zero-order valence-electron chi connectivity index (χ0n) is 6.88. The molecule has 0 N–H and O–H groups in total.